The highest BCUT2D eigenvalue weighted by Gasteiger charge is 2.55. The summed E-state index contributed by atoms with van der Waals surface area (Å²) in [4.78, 5) is 38.3. The number of hydrogen-bond acceptors (Lipinski definition) is 6. The zero-order valence-electron chi connectivity index (χ0n) is 15.5. The lowest BCUT2D eigenvalue weighted by atomic mass is 10.1. The van der Waals surface area contributed by atoms with Crippen LogP contribution in [-0.4, -0.2) is 41.4 Å². The Labute approximate surface area is 167 Å². The second kappa shape index (κ2) is 7.25. The summed E-state index contributed by atoms with van der Waals surface area (Å²) in [6, 6.07) is 4.39. The second-order valence-corrected chi connectivity index (χ2v) is 6.81. The fourth-order valence-electron chi connectivity index (χ4n) is 3.25. The van der Waals surface area contributed by atoms with Crippen molar-refractivity contribution in [2.45, 2.75) is 19.0 Å². The molecule has 2 aromatic carbocycles. The van der Waals surface area contributed by atoms with E-state index in [1.54, 1.807) is 6.92 Å². The Balaban J connectivity index is 1.49. The molecule has 4 rings (SSSR count). The number of rotatable bonds is 4. The smallest absolute Gasteiger partial charge is 0.263 e. The largest absolute Gasteiger partial charge is 0.324 e. The summed E-state index contributed by atoms with van der Waals surface area (Å²) in [7, 11) is 0. The van der Waals surface area contributed by atoms with Crippen LogP contribution in [0.4, 0.5) is 24.5 Å². The number of hydrogen-bond donors (Lipinski definition) is 1. The van der Waals surface area contributed by atoms with Gasteiger partial charge in [-0.2, -0.15) is 5.11 Å². The van der Waals surface area contributed by atoms with Crippen LogP contribution >= 0.6 is 0 Å². The standard InChI is InChI=1S/C19H14F3N5O3/c1-9-2-3-10(6-13(9)21)23-15(28)8-26-17-16(24-25-26)18(29)27(19(17)30)11-4-5-12(20)14(22)7-11/h2-7,16-17H,8H2,1H3,(H,23,28)/t16-,17+/m0/s1. The third kappa shape index (κ3) is 3.27. The minimum absolute atomic E-state index is 0.145. The highest BCUT2D eigenvalue weighted by molar-refractivity contribution is 6.25. The van der Waals surface area contributed by atoms with Crippen molar-refractivity contribution in [2.24, 2.45) is 10.3 Å². The van der Waals surface area contributed by atoms with Crippen molar-refractivity contribution >= 4 is 29.1 Å². The zero-order chi connectivity index (χ0) is 21.6. The van der Waals surface area contributed by atoms with Gasteiger partial charge in [0.05, 0.1) is 5.69 Å². The number of nitrogens with one attached hydrogen (secondary N) is 1. The Hall–Kier alpha value is -3.76. The highest BCUT2D eigenvalue weighted by Crippen LogP contribution is 2.32. The molecular formula is C19H14F3N5O3. The number of carbonyl (C=O) groups is 3. The van der Waals surface area contributed by atoms with Crippen LogP contribution in [0.1, 0.15) is 5.56 Å². The van der Waals surface area contributed by atoms with Crippen LogP contribution in [0, 0.1) is 24.4 Å². The molecule has 0 bridgehead atoms. The minimum atomic E-state index is -1.21. The first-order valence-corrected chi connectivity index (χ1v) is 8.82. The monoisotopic (exact) mass is 417 g/mol. The van der Waals surface area contributed by atoms with E-state index in [-0.39, 0.29) is 11.4 Å². The quantitative estimate of drug-likeness (QED) is 0.773. The molecule has 0 radical (unpaired) electrons. The average Bonchev–Trinajstić information content (AvgIpc) is 3.21. The van der Waals surface area contributed by atoms with E-state index in [2.05, 4.69) is 15.7 Å². The molecule has 2 aromatic rings. The Morgan fingerprint density at radius 2 is 1.80 bits per heavy atom. The van der Waals surface area contributed by atoms with Gasteiger partial charge in [0, 0.05) is 11.8 Å². The molecule has 1 saturated heterocycles. The molecule has 0 aromatic heterocycles. The molecule has 3 amide bonds. The third-order valence-corrected chi connectivity index (χ3v) is 4.78. The molecule has 1 N–H and O–H groups in total. The van der Waals surface area contributed by atoms with Crippen LogP contribution in [-0.2, 0) is 14.4 Å². The summed E-state index contributed by atoms with van der Waals surface area (Å²) in [6.07, 6.45) is 0. The summed E-state index contributed by atoms with van der Waals surface area (Å²) in [5.41, 5.74) is 0.484. The second-order valence-electron chi connectivity index (χ2n) is 6.81. The van der Waals surface area contributed by atoms with Crippen molar-refractivity contribution in [2.75, 3.05) is 16.8 Å². The van der Waals surface area contributed by atoms with Gasteiger partial charge in [-0.3, -0.25) is 19.4 Å². The average molecular weight is 417 g/mol. The topological polar surface area (TPSA) is 94.4 Å². The van der Waals surface area contributed by atoms with Crippen molar-refractivity contribution in [3.05, 3.63) is 59.4 Å². The molecule has 2 aliphatic heterocycles. The Morgan fingerprint density at radius 3 is 2.50 bits per heavy atom. The number of carbonyl (C=O) groups excluding carboxylic acids is 3. The van der Waals surface area contributed by atoms with Crippen molar-refractivity contribution in [3.63, 3.8) is 0 Å². The van der Waals surface area contributed by atoms with Crippen molar-refractivity contribution in [1.29, 1.82) is 0 Å². The molecule has 2 heterocycles. The van der Waals surface area contributed by atoms with Crippen LogP contribution in [0.2, 0.25) is 0 Å². The first-order valence-electron chi connectivity index (χ1n) is 8.82. The summed E-state index contributed by atoms with van der Waals surface area (Å²) in [6.45, 7) is 1.15. The van der Waals surface area contributed by atoms with Crippen LogP contribution in [0.15, 0.2) is 46.7 Å². The van der Waals surface area contributed by atoms with E-state index in [1.807, 2.05) is 0 Å². The van der Waals surface area contributed by atoms with Gasteiger partial charge in [-0.1, -0.05) is 11.3 Å². The molecule has 2 aliphatic rings. The fraction of sp³-hybridized carbons (Fsp3) is 0.211. The normalized spacial score (nSPS) is 20.1. The SMILES string of the molecule is Cc1ccc(NC(=O)CN2N=N[C@@H]3C(=O)N(c4ccc(F)c(F)c4)C(=O)[C@@H]32)cc1F. The number of nitrogens with zero attached hydrogens (tertiary/aromatic N) is 4. The number of fused-ring (bicyclic) bond motifs is 1. The minimum Gasteiger partial charge on any atom is -0.324 e. The highest BCUT2D eigenvalue weighted by atomic mass is 19.2. The number of imide groups is 1. The lowest BCUT2D eigenvalue weighted by Crippen LogP contribution is -2.43. The predicted molar refractivity (Wildman–Crippen MR) is 97.8 cm³/mol. The molecule has 0 aliphatic carbocycles. The molecule has 0 unspecified atom stereocenters. The molecule has 0 saturated carbocycles. The van der Waals surface area contributed by atoms with Crippen LogP contribution in [0.5, 0.6) is 0 Å². The van der Waals surface area contributed by atoms with Gasteiger partial charge in [0.25, 0.3) is 11.8 Å². The number of aryl methyl sites for hydroxylation is 1. The molecule has 0 spiro atoms. The molecule has 8 nitrogen and oxygen atoms in total. The third-order valence-electron chi connectivity index (χ3n) is 4.78. The Bertz CT molecular complexity index is 1110. The maximum atomic E-state index is 13.6. The Morgan fingerprint density at radius 1 is 1.03 bits per heavy atom. The molecule has 30 heavy (non-hydrogen) atoms. The maximum Gasteiger partial charge on any atom is 0.263 e. The van der Waals surface area contributed by atoms with Crippen LogP contribution < -0.4 is 10.2 Å². The van der Waals surface area contributed by atoms with Crippen LogP contribution in [0.3, 0.4) is 0 Å². The maximum absolute atomic E-state index is 13.6. The van der Waals surface area contributed by atoms with Gasteiger partial charge < -0.3 is 5.32 Å². The van der Waals surface area contributed by atoms with Gasteiger partial charge in [0.2, 0.25) is 5.91 Å². The van der Waals surface area contributed by atoms with E-state index in [1.165, 1.54) is 12.1 Å². The van der Waals surface area contributed by atoms with Gasteiger partial charge >= 0.3 is 0 Å². The molecule has 11 heteroatoms. The van der Waals surface area contributed by atoms with Crippen molar-refractivity contribution < 1.29 is 27.6 Å². The Kier molecular flexibility index (Phi) is 4.72. The van der Waals surface area contributed by atoms with Crippen molar-refractivity contribution in [3.8, 4) is 0 Å². The van der Waals surface area contributed by atoms with E-state index in [0.717, 1.165) is 29.3 Å². The number of anilines is 2. The van der Waals surface area contributed by atoms with E-state index >= 15 is 0 Å². The van der Waals surface area contributed by atoms with Gasteiger partial charge in [0.15, 0.2) is 23.7 Å². The zero-order valence-corrected chi connectivity index (χ0v) is 15.5. The molecule has 1 fully saturated rings. The molecule has 2 atom stereocenters. The van der Waals surface area contributed by atoms with E-state index in [9.17, 15) is 27.6 Å². The lowest BCUT2D eigenvalue weighted by Gasteiger charge is -2.20. The van der Waals surface area contributed by atoms with Gasteiger partial charge in [-0.05, 0) is 36.8 Å². The van der Waals surface area contributed by atoms with E-state index in [0.29, 0.717) is 10.5 Å². The summed E-state index contributed by atoms with van der Waals surface area (Å²) >= 11 is 0. The number of amides is 3. The van der Waals surface area contributed by atoms with Crippen LogP contribution in [0.25, 0.3) is 0 Å². The fourth-order valence-corrected chi connectivity index (χ4v) is 3.25. The number of halogens is 3. The predicted octanol–water partition coefficient (Wildman–Crippen LogP) is 2.34. The first-order chi connectivity index (χ1) is 14.3. The van der Waals surface area contributed by atoms with Gasteiger partial charge in [-0.25, -0.2) is 18.1 Å². The molecular weight excluding hydrogens is 403 g/mol. The number of benzene rings is 2. The van der Waals surface area contributed by atoms with E-state index < -0.39 is 53.8 Å². The lowest BCUT2D eigenvalue weighted by molar-refractivity contribution is -0.123. The van der Waals surface area contributed by atoms with Gasteiger partial charge in [0.1, 0.15) is 12.4 Å². The first kappa shape index (κ1) is 19.6. The van der Waals surface area contributed by atoms with Crippen molar-refractivity contribution in [1.82, 2.24) is 5.01 Å². The summed E-state index contributed by atoms with van der Waals surface area (Å²) in [5.74, 6) is -4.97. The summed E-state index contributed by atoms with van der Waals surface area (Å²) in [5, 5.41) is 11.0. The molecule has 154 valence electrons. The van der Waals surface area contributed by atoms with Gasteiger partial charge in [-0.15, -0.1) is 0 Å². The van der Waals surface area contributed by atoms with E-state index in [4.69, 9.17) is 0 Å². The summed E-state index contributed by atoms with van der Waals surface area (Å²) < 4.78 is 40.3.